The van der Waals surface area contributed by atoms with Crippen LogP contribution in [0.1, 0.15) is 27.9 Å². The Hall–Kier alpha value is -1.86. The standard InChI is InChI=1S/C16H24N4O2S/c1-11-13(12(2)22-18-11)10-20(5)16(21)17-9-14(19(3)4)15-7-6-8-23-15/h6-8,14H,9-10H2,1-5H3,(H,17,21)/t14-/m1/s1. The van der Waals surface area contributed by atoms with Gasteiger partial charge in [0.25, 0.3) is 0 Å². The number of carbonyl (C=O) groups is 1. The minimum Gasteiger partial charge on any atom is -0.361 e. The van der Waals surface area contributed by atoms with E-state index in [-0.39, 0.29) is 12.1 Å². The summed E-state index contributed by atoms with van der Waals surface area (Å²) in [4.78, 5) is 17.3. The zero-order valence-corrected chi connectivity index (χ0v) is 15.1. The molecule has 0 radical (unpaired) electrons. The Kier molecular flexibility index (Phi) is 5.79. The Morgan fingerprint density at radius 3 is 2.65 bits per heavy atom. The fraction of sp³-hybridized carbons (Fsp3) is 0.500. The van der Waals surface area contributed by atoms with Crippen LogP contribution in [0, 0.1) is 13.8 Å². The number of aromatic nitrogens is 1. The van der Waals surface area contributed by atoms with Crippen LogP contribution in [0.2, 0.25) is 0 Å². The van der Waals surface area contributed by atoms with Crippen molar-refractivity contribution in [2.45, 2.75) is 26.4 Å². The van der Waals surface area contributed by atoms with Crippen molar-refractivity contribution in [2.24, 2.45) is 0 Å². The first-order chi connectivity index (χ1) is 10.9. The van der Waals surface area contributed by atoms with Gasteiger partial charge in [-0.15, -0.1) is 11.3 Å². The van der Waals surface area contributed by atoms with E-state index in [0.29, 0.717) is 13.1 Å². The normalized spacial score (nSPS) is 12.4. The fourth-order valence-electron chi connectivity index (χ4n) is 2.37. The second kappa shape index (κ2) is 7.61. The average Bonchev–Trinajstić information content (AvgIpc) is 3.12. The zero-order valence-electron chi connectivity index (χ0n) is 14.3. The average molecular weight is 336 g/mol. The molecule has 2 aromatic rings. The third kappa shape index (κ3) is 4.33. The molecule has 0 aliphatic heterocycles. The Morgan fingerprint density at radius 1 is 1.39 bits per heavy atom. The number of carbonyl (C=O) groups excluding carboxylic acids is 1. The molecule has 2 heterocycles. The molecule has 0 aliphatic carbocycles. The van der Waals surface area contributed by atoms with Crippen molar-refractivity contribution < 1.29 is 9.32 Å². The number of urea groups is 1. The summed E-state index contributed by atoms with van der Waals surface area (Å²) >= 11 is 1.70. The molecule has 0 fully saturated rings. The predicted molar refractivity (Wildman–Crippen MR) is 91.6 cm³/mol. The maximum Gasteiger partial charge on any atom is 0.317 e. The molecule has 0 spiro atoms. The van der Waals surface area contributed by atoms with Gasteiger partial charge >= 0.3 is 6.03 Å². The number of nitrogens with one attached hydrogen (secondary N) is 1. The molecule has 1 N–H and O–H groups in total. The van der Waals surface area contributed by atoms with E-state index in [9.17, 15) is 4.79 Å². The van der Waals surface area contributed by atoms with E-state index >= 15 is 0 Å². The van der Waals surface area contributed by atoms with Crippen LogP contribution < -0.4 is 5.32 Å². The highest BCUT2D eigenvalue weighted by molar-refractivity contribution is 7.10. The van der Waals surface area contributed by atoms with Crippen LogP contribution >= 0.6 is 11.3 Å². The summed E-state index contributed by atoms with van der Waals surface area (Å²) < 4.78 is 5.14. The van der Waals surface area contributed by atoms with Gasteiger partial charge in [-0.2, -0.15) is 0 Å². The fourth-order valence-corrected chi connectivity index (χ4v) is 3.30. The number of thiophene rings is 1. The topological polar surface area (TPSA) is 61.6 Å². The molecule has 0 unspecified atom stereocenters. The van der Waals surface area contributed by atoms with E-state index in [4.69, 9.17) is 4.52 Å². The number of aryl methyl sites for hydroxylation is 2. The molecule has 0 aromatic carbocycles. The molecule has 23 heavy (non-hydrogen) atoms. The van der Waals surface area contributed by atoms with Crippen molar-refractivity contribution in [3.8, 4) is 0 Å². The molecule has 2 amide bonds. The van der Waals surface area contributed by atoms with E-state index in [0.717, 1.165) is 17.0 Å². The number of likely N-dealkylation sites (N-methyl/N-ethyl adjacent to an activating group) is 1. The SMILES string of the molecule is Cc1noc(C)c1CN(C)C(=O)NC[C@H](c1cccs1)N(C)C. The van der Waals surface area contributed by atoms with Crippen LogP contribution in [0.4, 0.5) is 4.79 Å². The van der Waals surface area contributed by atoms with Crippen LogP contribution in [0.5, 0.6) is 0 Å². The van der Waals surface area contributed by atoms with Gasteiger partial charge in [0, 0.05) is 24.0 Å². The highest BCUT2D eigenvalue weighted by atomic mass is 32.1. The van der Waals surface area contributed by atoms with Gasteiger partial charge in [-0.3, -0.25) is 0 Å². The molecule has 6 nitrogen and oxygen atoms in total. The van der Waals surface area contributed by atoms with Gasteiger partial charge in [0.15, 0.2) is 0 Å². The molecular formula is C16H24N4O2S. The Bertz CT molecular complexity index is 617. The number of nitrogens with zero attached hydrogens (tertiary/aromatic N) is 3. The summed E-state index contributed by atoms with van der Waals surface area (Å²) in [7, 11) is 5.81. The number of amides is 2. The maximum absolute atomic E-state index is 12.3. The first-order valence-electron chi connectivity index (χ1n) is 7.50. The molecule has 126 valence electrons. The van der Waals surface area contributed by atoms with Gasteiger partial charge in [-0.1, -0.05) is 11.2 Å². The summed E-state index contributed by atoms with van der Waals surface area (Å²) in [5, 5.41) is 8.98. The second-order valence-electron chi connectivity index (χ2n) is 5.84. The molecule has 0 saturated carbocycles. The van der Waals surface area contributed by atoms with E-state index < -0.39 is 0 Å². The van der Waals surface area contributed by atoms with Gasteiger partial charge in [0.05, 0.1) is 18.3 Å². The molecule has 2 aromatic heterocycles. The van der Waals surface area contributed by atoms with Crippen LogP contribution in [-0.4, -0.2) is 48.7 Å². The van der Waals surface area contributed by atoms with Crippen LogP contribution in [0.3, 0.4) is 0 Å². The molecule has 1 atom stereocenters. The van der Waals surface area contributed by atoms with Gasteiger partial charge < -0.3 is 19.6 Å². The number of hydrogen-bond acceptors (Lipinski definition) is 5. The number of rotatable bonds is 6. The van der Waals surface area contributed by atoms with E-state index in [1.54, 1.807) is 23.3 Å². The van der Waals surface area contributed by atoms with Crippen LogP contribution in [0.15, 0.2) is 22.0 Å². The van der Waals surface area contributed by atoms with Gasteiger partial charge in [-0.05, 0) is 39.4 Å². The van der Waals surface area contributed by atoms with Crippen molar-refractivity contribution in [1.29, 1.82) is 0 Å². The molecule has 0 saturated heterocycles. The maximum atomic E-state index is 12.3. The van der Waals surface area contributed by atoms with E-state index in [2.05, 4.69) is 26.8 Å². The summed E-state index contributed by atoms with van der Waals surface area (Å²) in [5.74, 6) is 0.756. The lowest BCUT2D eigenvalue weighted by atomic mass is 10.2. The smallest absolute Gasteiger partial charge is 0.317 e. The van der Waals surface area contributed by atoms with Gasteiger partial charge in [0.2, 0.25) is 0 Å². The van der Waals surface area contributed by atoms with E-state index in [1.165, 1.54) is 4.88 Å². The lowest BCUT2D eigenvalue weighted by Gasteiger charge is -2.25. The van der Waals surface area contributed by atoms with Gasteiger partial charge in [-0.25, -0.2) is 4.79 Å². The van der Waals surface area contributed by atoms with Crippen molar-refractivity contribution in [3.05, 3.63) is 39.4 Å². The third-order valence-electron chi connectivity index (χ3n) is 3.86. The zero-order chi connectivity index (χ0) is 17.0. The molecule has 0 aliphatic rings. The molecule has 0 bridgehead atoms. The monoisotopic (exact) mass is 336 g/mol. The lowest BCUT2D eigenvalue weighted by Crippen LogP contribution is -2.41. The molecule has 2 rings (SSSR count). The Morgan fingerprint density at radius 2 is 2.13 bits per heavy atom. The van der Waals surface area contributed by atoms with Crippen molar-refractivity contribution in [3.63, 3.8) is 0 Å². The van der Waals surface area contributed by atoms with E-state index in [1.807, 2.05) is 34.0 Å². The highest BCUT2D eigenvalue weighted by Crippen LogP contribution is 2.22. The van der Waals surface area contributed by atoms with Gasteiger partial charge in [0.1, 0.15) is 5.76 Å². The Labute approximate surface area is 141 Å². The quantitative estimate of drug-likeness (QED) is 0.881. The summed E-state index contributed by atoms with van der Waals surface area (Å²) in [6, 6.07) is 4.19. The third-order valence-corrected chi connectivity index (χ3v) is 4.84. The van der Waals surface area contributed by atoms with Crippen molar-refractivity contribution in [1.82, 2.24) is 20.3 Å². The predicted octanol–water partition coefficient (Wildman–Crippen LogP) is 2.80. The largest absolute Gasteiger partial charge is 0.361 e. The molecular weight excluding hydrogens is 312 g/mol. The molecule has 7 heteroatoms. The van der Waals surface area contributed by atoms with Crippen LogP contribution in [-0.2, 0) is 6.54 Å². The highest BCUT2D eigenvalue weighted by Gasteiger charge is 2.19. The lowest BCUT2D eigenvalue weighted by molar-refractivity contribution is 0.201. The minimum absolute atomic E-state index is 0.103. The Balaban J connectivity index is 1.93. The summed E-state index contributed by atoms with van der Waals surface area (Å²) in [6.45, 7) is 4.80. The number of hydrogen-bond donors (Lipinski definition) is 1. The summed E-state index contributed by atoms with van der Waals surface area (Å²) in [6.07, 6.45) is 0. The first-order valence-corrected chi connectivity index (χ1v) is 8.38. The first kappa shape index (κ1) is 17.5. The summed E-state index contributed by atoms with van der Waals surface area (Å²) in [5.41, 5.74) is 1.79. The van der Waals surface area contributed by atoms with Crippen LogP contribution in [0.25, 0.3) is 0 Å². The van der Waals surface area contributed by atoms with Crippen molar-refractivity contribution >= 4 is 17.4 Å². The second-order valence-corrected chi connectivity index (χ2v) is 6.82. The van der Waals surface area contributed by atoms with Crippen molar-refractivity contribution in [2.75, 3.05) is 27.7 Å². The minimum atomic E-state index is -0.103.